The van der Waals surface area contributed by atoms with Gasteiger partial charge in [0, 0.05) is 0 Å². The summed E-state index contributed by atoms with van der Waals surface area (Å²) in [6.45, 7) is 2.17. The Kier molecular flexibility index (Phi) is 1.86. The minimum Gasteiger partial charge on any atom is -0.465 e. The second-order valence-corrected chi connectivity index (χ2v) is 2.99. The second-order valence-electron chi connectivity index (χ2n) is 2.99. The molecule has 0 bridgehead atoms. The molecule has 62 valence electrons. The van der Waals surface area contributed by atoms with E-state index in [0.717, 1.165) is 18.6 Å². The number of hydrogen-bond acceptors (Lipinski definition) is 1. The molecule has 0 fully saturated rings. The fraction of sp³-hybridized carbons (Fsp3) is 0.273. The maximum absolute atomic E-state index is 5.34. The molecular formula is C11H12O. The lowest BCUT2D eigenvalue weighted by atomic mass is 10.0. The standard InChI is InChI=1S/C11H12O/c1-2-9-5-6-11-10(8-9)4-3-7-12-11/h3,5-8H,2,4H2,1H3. The summed E-state index contributed by atoms with van der Waals surface area (Å²) in [7, 11) is 0. The van der Waals surface area contributed by atoms with E-state index in [4.69, 9.17) is 4.74 Å². The van der Waals surface area contributed by atoms with Gasteiger partial charge in [-0.15, -0.1) is 0 Å². The fourth-order valence-electron chi connectivity index (χ4n) is 1.42. The Morgan fingerprint density at radius 3 is 3.17 bits per heavy atom. The van der Waals surface area contributed by atoms with E-state index >= 15 is 0 Å². The van der Waals surface area contributed by atoms with Gasteiger partial charge in [0.15, 0.2) is 0 Å². The van der Waals surface area contributed by atoms with Crippen molar-refractivity contribution in [2.45, 2.75) is 19.8 Å². The lowest BCUT2D eigenvalue weighted by Crippen LogP contribution is -1.96. The third-order valence-corrected chi connectivity index (χ3v) is 2.16. The molecule has 2 rings (SSSR count). The number of allylic oxidation sites excluding steroid dienone is 1. The monoisotopic (exact) mass is 160 g/mol. The molecule has 0 aliphatic carbocycles. The maximum atomic E-state index is 5.34. The minimum atomic E-state index is 1.00. The van der Waals surface area contributed by atoms with Gasteiger partial charge in [-0.05, 0) is 36.1 Å². The molecule has 0 spiro atoms. The van der Waals surface area contributed by atoms with Gasteiger partial charge in [-0.25, -0.2) is 0 Å². The zero-order chi connectivity index (χ0) is 8.39. The fourth-order valence-corrected chi connectivity index (χ4v) is 1.42. The van der Waals surface area contributed by atoms with Crippen LogP contribution in [0.15, 0.2) is 30.5 Å². The van der Waals surface area contributed by atoms with Gasteiger partial charge in [0.1, 0.15) is 5.75 Å². The van der Waals surface area contributed by atoms with Crippen molar-refractivity contribution in [1.82, 2.24) is 0 Å². The van der Waals surface area contributed by atoms with Gasteiger partial charge in [-0.1, -0.05) is 19.1 Å². The zero-order valence-electron chi connectivity index (χ0n) is 7.21. The van der Waals surface area contributed by atoms with Gasteiger partial charge in [0.2, 0.25) is 0 Å². The minimum absolute atomic E-state index is 1.00. The molecule has 0 atom stereocenters. The molecule has 1 heteroatoms. The van der Waals surface area contributed by atoms with Crippen molar-refractivity contribution < 1.29 is 4.74 Å². The Morgan fingerprint density at radius 1 is 1.42 bits per heavy atom. The summed E-state index contributed by atoms with van der Waals surface area (Å²) < 4.78 is 5.34. The second kappa shape index (κ2) is 3.02. The summed E-state index contributed by atoms with van der Waals surface area (Å²) in [4.78, 5) is 0. The lowest BCUT2D eigenvalue weighted by molar-refractivity contribution is 0.464. The van der Waals surface area contributed by atoms with E-state index in [1.165, 1.54) is 11.1 Å². The van der Waals surface area contributed by atoms with Gasteiger partial charge >= 0.3 is 0 Å². The van der Waals surface area contributed by atoms with Crippen LogP contribution >= 0.6 is 0 Å². The van der Waals surface area contributed by atoms with Gasteiger partial charge in [-0.2, -0.15) is 0 Å². The normalized spacial score (nSPS) is 13.8. The topological polar surface area (TPSA) is 9.23 Å². The molecule has 1 heterocycles. The predicted molar refractivity (Wildman–Crippen MR) is 49.3 cm³/mol. The van der Waals surface area contributed by atoms with Gasteiger partial charge in [-0.3, -0.25) is 0 Å². The van der Waals surface area contributed by atoms with Crippen LogP contribution < -0.4 is 4.74 Å². The van der Waals surface area contributed by atoms with E-state index < -0.39 is 0 Å². The largest absolute Gasteiger partial charge is 0.465 e. The molecule has 12 heavy (non-hydrogen) atoms. The van der Waals surface area contributed by atoms with Crippen molar-refractivity contribution >= 4 is 0 Å². The van der Waals surface area contributed by atoms with E-state index in [2.05, 4.69) is 25.1 Å². The highest BCUT2D eigenvalue weighted by atomic mass is 16.5. The van der Waals surface area contributed by atoms with E-state index in [1.54, 1.807) is 6.26 Å². The van der Waals surface area contributed by atoms with E-state index in [-0.39, 0.29) is 0 Å². The summed E-state index contributed by atoms with van der Waals surface area (Å²) in [5.74, 6) is 1.01. The molecule has 1 aromatic carbocycles. The van der Waals surface area contributed by atoms with Crippen LogP contribution in [0.2, 0.25) is 0 Å². The molecule has 1 nitrogen and oxygen atoms in total. The molecule has 0 unspecified atom stereocenters. The zero-order valence-corrected chi connectivity index (χ0v) is 7.21. The average molecular weight is 160 g/mol. The first-order valence-corrected chi connectivity index (χ1v) is 4.33. The summed E-state index contributed by atoms with van der Waals surface area (Å²) >= 11 is 0. The predicted octanol–water partition coefficient (Wildman–Crippen LogP) is 2.70. The number of rotatable bonds is 1. The van der Waals surface area contributed by atoms with Crippen molar-refractivity contribution in [2.75, 3.05) is 0 Å². The summed E-state index contributed by atoms with van der Waals surface area (Å²) in [6.07, 6.45) is 5.90. The first kappa shape index (κ1) is 7.41. The van der Waals surface area contributed by atoms with Crippen molar-refractivity contribution in [3.63, 3.8) is 0 Å². The Labute approximate surface area is 72.7 Å². The van der Waals surface area contributed by atoms with Gasteiger partial charge in [0.25, 0.3) is 0 Å². The number of ether oxygens (including phenoxy) is 1. The third kappa shape index (κ3) is 1.22. The molecule has 0 N–H and O–H groups in total. The molecule has 1 aromatic rings. The Hall–Kier alpha value is -1.24. The van der Waals surface area contributed by atoms with E-state index in [1.807, 2.05) is 6.08 Å². The van der Waals surface area contributed by atoms with Crippen LogP contribution in [0.3, 0.4) is 0 Å². The first-order chi connectivity index (χ1) is 5.90. The van der Waals surface area contributed by atoms with Crippen LogP contribution in [0, 0.1) is 0 Å². The molecular weight excluding hydrogens is 148 g/mol. The van der Waals surface area contributed by atoms with Crippen LogP contribution in [0.1, 0.15) is 18.1 Å². The summed E-state index contributed by atoms with van der Waals surface area (Å²) in [5, 5.41) is 0. The van der Waals surface area contributed by atoms with E-state index in [0.29, 0.717) is 0 Å². The molecule has 0 saturated heterocycles. The lowest BCUT2D eigenvalue weighted by Gasteiger charge is -2.12. The first-order valence-electron chi connectivity index (χ1n) is 4.33. The number of aryl methyl sites for hydroxylation is 1. The molecule has 0 amide bonds. The van der Waals surface area contributed by atoms with E-state index in [9.17, 15) is 0 Å². The van der Waals surface area contributed by atoms with Crippen LogP contribution in [0.5, 0.6) is 5.75 Å². The Balaban J connectivity index is 2.39. The van der Waals surface area contributed by atoms with Gasteiger partial charge < -0.3 is 4.74 Å². The van der Waals surface area contributed by atoms with Crippen molar-refractivity contribution in [3.05, 3.63) is 41.7 Å². The summed E-state index contributed by atoms with van der Waals surface area (Å²) in [5.41, 5.74) is 2.68. The Morgan fingerprint density at radius 2 is 2.33 bits per heavy atom. The highest BCUT2D eigenvalue weighted by molar-refractivity contribution is 5.40. The number of benzene rings is 1. The maximum Gasteiger partial charge on any atom is 0.130 e. The Bertz CT molecular complexity index is 313. The highest BCUT2D eigenvalue weighted by Gasteiger charge is 2.05. The third-order valence-electron chi connectivity index (χ3n) is 2.16. The van der Waals surface area contributed by atoms with Crippen LogP contribution in [-0.2, 0) is 12.8 Å². The molecule has 0 saturated carbocycles. The number of hydrogen-bond donors (Lipinski definition) is 0. The van der Waals surface area contributed by atoms with Crippen molar-refractivity contribution in [3.8, 4) is 5.75 Å². The van der Waals surface area contributed by atoms with Crippen LogP contribution in [0.25, 0.3) is 0 Å². The molecule has 1 aliphatic rings. The summed E-state index contributed by atoms with van der Waals surface area (Å²) in [6, 6.07) is 6.40. The van der Waals surface area contributed by atoms with Crippen molar-refractivity contribution in [2.24, 2.45) is 0 Å². The molecule has 1 aliphatic heterocycles. The smallest absolute Gasteiger partial charge is 0.130 e. The highest BCUT2D eigenvalue weighted by Crippen LogP contribution is 2.24. The number of fused-ring (bicyclic) bond motifs is 1. The SMILES string of the molecule is CCc1ccc2c(c1)CC=CO2. The van der Waals surface area contributed by atoms with Crippen LogP contribution in [-0.4, -0.2) is 0 Å². The van der Waals surface area contributed by atoms with Gasteiger partial charge in [0.05, 0.1) is 6.26 Å². The molecule has 0 radical (unpaired) electrons. The van der Waals surface area contributed by atoms with Crippen LogP contribution in [0.4, 0.5) is 0 Å². The quantitative estimate of drug-likeness (QED) is 0.613. The van der Waals surface area contributed by atoms with Crippen molar-refractivity contribution in [1.29, 1.82) is 0 Å². The molecule has 0 aromatic heterocycles. The average Bonchev–Trinajstić information content (AvgIpc) is 2.17.